The summed E-state index contributed by atoms with van der Waals surface area (Å²) in [6, 6.07) is 19.3. The molecule has 0 fully saturated rings. The average Bonchev–Trinajstić information content (AvgIpc) is 3.31. The predicted octanol–water partition coefficient (Wildman–Crippen LogP) is 3.30. The summed E-state index contributed by atoms with van der Waals surface area (Å²) in [5, 5.41) is 19.3. The average molecular weight is 452 g/mol. The largest absolute Gasteiger partial charge is 0.315 e. The van der Waals surface area contributed by atoms with E-state index >= 15 is 0 Å². The Morgan fingerprint density at radius 3 is 2.50 bits per heavy atom. The molecule has 4 aromatic rings. The fourth-order valence-corrected chi connectivity index (χ4v) is 3.58. The highest BCUT2D eigenvalue weighted by atomic mass is 16.2. The number of anilines is 1. The van der Waals surface area contributed by atoms with E-state index in [9.17, 15) is 4.79 Å². The number of rotatable bonds is 9. The Labute approximate surface area is 198 Å². The van der Waals surface area contributed by atoms with Crippen LogP contribution in [0.15, 0.2) is 79.4 Å². The van der Waals surface area contributed by atoms with E-state index in [4.69, 9.17) is 5.26 Å². The molecule has 0 aliphatic rings. The zero-order valence-electron chi connectivity index (χ0n) is 18.8. The molecule has 1 atom stereocenters. The third kappa shape index (κ3) is 5.91. The summed E-state index contributed by atoms with van der Waals surface area (Å²) in [6.07, 6.45) is 7.56. The van der Waals surface area contributed by atoms with E-state index in [1.165, 1.54) is 0 Å². The standard InChI is InChI=1S/C26H25N7O/c1-33-18-22(14-31-33)24-16-30-25(17-29-24)32-26(34)23(21-5-3-2-4-6-21)15-28-12-11-19-7-9-20(13-27)10-8-19/h2-10,14,16-18,23,28H,11-12,15H2,1H3,(H,30,32,34). The second-order valence-electron chi connectivity index (χ2n) is 7.90. The minimum absolute atomic E-state index is 0.152. The van der Waals surface area contributed by atoms with Crippen LogP contribution in [0, 0.1) is 11.3 Å². The molecular weight excluding hydrogens is 426 g/mol. The van der Waals surface area contributed by atoms with Gasteiger partial charge in [-0.3, -0.25) is 14.5 Å². The van der Waals surface area contributed by atoms with Crippen LogP contribution in [0.2, 0.25) is 0 Å². The van der Waals surface area contributed by atoms with Crippen LogP contribution in [0.4, 0.5) is 5.82 Å². The Hall–Kier alpha value is -4.35. The van der Waals surface area contributed by atoms with Gasteiger partial charge in [-0.05, 0) is 36.2 Å². The van der Waals surface area contributed by atoms with E-state index in [1.807, 2.05) is 67.8 Å². The van der Waals surface area contributed by atoms with Crippen LogP contribution in [0.25, 0.3) is 11.3 Å². The van der Waals surface area contributed by atoms with Crippen molar-refractivity contribution in [2.75, 3.05) is 18.4 Å². The van der Waals surface area contributed by atoms with Crippen molar-refractivity contribution in [2.24, 2.45) is 7.05 Å². The smallest absolute Gasteiger partial charge is 0.234 e. The third-order valence-electron chi connectivity index (χ3n) is 5.44. The quantitative estimate of drug-likeness (QED) is 0.378. The van der Waals surface area contributed by atoms with Crippen LogP contribution >= 0.6 is 0 Å². The summed E-state index contributed by atoms with van der Waals surface area (Å²) in [5.74, 6) is -0.140. The van der Waals surface area contributed by atoms with Crippen LogP contribution in [0.3, 0.4) is 0 Å². The molecule has 8 heteroatoms. The molecule has 0 bridgehead atoms. The number of carbonyl (C=O) groups is 1. The molecular formula is C26H25N7O. The Balaban J connectivity index is 1.38. The van der Waals surface area contributed by atoms with Gasteiger partial charge in [0.05, 0.1) is 41.8 Å². The topological polar surface area (TPSA) is 109 Å². The number of aryl methyl sites for hydroxylation is 1. The minimum atomic E-state index is -0.387. The molecule has 4 rings (SSSR count). The van der Waals surface area contributed by atoms with Crippen LogP contribution in [0.5, 0.6) is 0 Å². The molecule has 0 spiro atoms. The number of hydrogen-bond donors (Lipinski definition) is 2. The molecule has 1 unspecified atom stereocenters. The van der Waals surface area contributed by atoms with Crippen molar-refractivity contribution in [1.82, 2.24) is 25.1 Å². The number of amides is 1. The summed E-state index contributed by atoms with van der Waals surface area (Å²) in [5.41, 5.74) is 4.26. The van der Waals surface area contributed by atoms with Gasteiger partial charge in [-0.2, -0.15) is 10.4 Å². The van der Waals surface area contributed by atoms with E-state index in [-0.39, 0.29) is 11.8 Å². The van der Waals surface area contributed by atoms with Gasteiger partial charge in [0.1, 0.15) is 0 Å². The van der Waals surface area contributed by atoms with Crippen LogP contribution in [-0.4, -0.2) is 38.7 Å². The van der Waals surface area contributed by atoms with E-state index in [0.29, 0.717) is 30.2 Å². The lowest BCUT2D eigenvalue weighted by Crippen LogP contribution is -2.32. The van der Waals surface area contributed by atoms with Gasteiger partial charge in [0, 0.05) is 25.4 Å². The maximum absolute atomic E-state index is 13.1. The number of carbonyl (C=O) groups excluding carboxylic acids is 1. The molecule has 2 N–H and O–H groups in total. The Morgan fingerprint density at radius 1 is 1.06 bits per heavy atom. The van der Waals surface area contributed by atoms with Crippen LogP contribution < -0.4 is 10.6 Å². The molecule has 0 aliphatic carbocycles. The highest BCUT2D eigenvalue weighted by Crippen LogP contribution is 2.19. The van der Waals surface area contributed by atoms with Crippen LogP contribution in [-0.2, 0) is 18.3 Å². The number of nitrogens with one attached hydrogen (secondary N) is 2. The van der Waals surface area contributed by atoms with Crippen molar-refractivity contribution < 1.29 is 4.79 Å². The van der Waals surface area contributed by atoms with Crippen molar-refractivity contribution in [2.45, 2.75) is 12.3 Å². The Morgan fingerprint density at radius 2 is 1.85 bits per heavy atom. The van der Waals surface area contributed by atoms with Crippen molar-refractivity contribution in [3.63, 3.8) is 0 Å². The van der Waals surface area contributed by atoms with Gasteiger partial charge in [-0.1, -0.05) is 42.5 Å². The molecule has 0 saturated heterocycles. The second-order valence-corrected chi connectivity index (χ2v) is 7.90. The summed E-state index contributed by atoms with van der Waals surface area (Å²) in [4.78, 5) is 21.9. The van der Waals surface area contributed by atoms with Gasteiger partial charge in [0.2, 0.25) is 5.91 Å². The van der Waals surface area contributed by atoms with E-state index in [0.717, 1.165) is 23.1 Å². The molecule has 1 amide bonds. The summed E-state index contributed by atoms with van der Waals surface area (Å²) in [7, 11) is 1.84. The molecule has 0 radical (unpaired) electrons. The van der Waals surface area contributed by atoms with Gasteiger partial charge in [-0.15, -0.1) is 0 Å². The molecule has 34 heavy (non-hydrogen) atoms. The molecule has 0 saturated carbocycles. The first-order valence-electron chi connectivity index (χ1n) is 11.0. The van der Waals surface area contributed by atoms with Gasteiger partial charge in [0.15, 0.2) is 5.82 Å². The zero-order valence-corrected chi connectivity index (χ0v) is 18.8. The monoisotopic (exact) mass is 451 g/mol. The lowest BCUT2D eigenvalue weighted by Gasteiger charge is -2.18. The lowest BCUT2D eigenvalue weighted by atomic mass is 9.98. The first kappa shape index (κ1) is 22.8. The lowest BCUT2D eigenvalue weighted by molar-refractivity contribution is -0.117. The second kappa shape index (κ2) is 11.0. The fraction of sp³-hybridized carbons (Fsp3) is 0.192. The maximum Gasteiger partial charge on any atom is 0.234 e. The molecule has 2 heterocycles. The number of hydrogen-bond acceptors (Lipinski definition) is 6. The highest BCUT2D eigenvalue weighted by molar-refractivity contribution is 5.95. The van der Waals surface area contributed by atoms with Crippen molar-refractivity contribution in [1.29, 1.82) is 5.26 Å². The van der Waals surface area contributed by atoms with Crippen molar-refractivity contribution in [3.8, 4) is 17.3 Å². The first-order valence-corrected chi connectivity index (χ1v) is 11.0. The van der Waals surface area contributed by atoms with E-state index in [2.05, 4.69) is 31.8 Å². The SMILES string of the molecule is Cn1cc(-c2cnc(NC(=O)C(CNCCc3ccc(C#N)cc3)c3ccccc3)cn2)cn1. The normalized spacial score (nSPS) is 11.5. The summed E-state index contributed by atoms with van der Waals surface area (Å²) in [6.45, 7) is 1.19. The predicted molar refractivity (Wildman–Crippen MR) is 130 cm³/mol. The highest BCUT2D eigenvalue weighted by Gasteiger charge is 2.21. The zero-order chi connectivity index (χ0) is 23.8. The molecule has 170 valence electrons. The Bertz CT molecular complexity index is 1260. The van der Waals surface area contributed by atoms with Gasteiger partial charge < -0.3 is 10.6 Å². The third-order valence-corrected chi connectivity index (χ3v) is 5.44. The summed E-state index contributed by atoms with van der Waals surface area (Å²) < 4.78 is 1.70. The first-order chi connectivity index (χ1) is 16.6. The summed E-state index contributed by atoms with van der Waals surface area (Å²) >= 11 is 0. The molecule has 2 aromatic carbocycles. The minimum Gasteiger partial charge on any atom is -0.315 e. The number of aromatic nitrogens is 4. The maximum atomic E-state index is 13.1. The number of nitriles is 1. The van der Waals surface area contributed by atoms with Crippen molar-refractivity contribution in [3.05, 3.63) is 96.1 Å². The van der Waals surface area contributed by atoms with Gasteiger partial charge >= 0.3 is 0 Å². The molecule has 8 nitrogen and oxygen atoms in total. The van der Waals surface area contributed by atoms with Gasteiger partial charge in [0.25, 0.3) is 0 Å². The Kier molecular flexibility index (Phi) is 7.38. The van der Waals surface area contributed by atoms with Gasteiger partial charge in [-0.25, -0.2) is 4.98 Å². The molecule has 2 aromatic heterocycles. The number of benzene rings is 2. The molecule has 0 aliphatic heterocycles. The van der Waals surface area contributed by atoms with Crippen molar-refractivity contribution >= 4 is 11.7 Å². The van der Waals surface area contributed by atoms with E-state index in [1.54, 1.807) is 23.3 Å². The fourth-order valence-electron chi connectivity index (χ4n) is 3.58. The van der Waals surface area contributed by atoms with Crippen LogP contribution in [0.1, 0.15) is 22.6 Å². The van der Waals surface area contributed by atoms with E-state index < -0.39 is 0 Å². The number of nitrogens with zero attached hydrogens (tertiary/aromatic N) is 5.